The van der Waals surface area contributed by atoms with E-state index in [4.69, 9.17) is 10.2 Å². The Morgan fingerprint density at radius 1 is 1.18 bits per heavy atom. The Hall–Kier alpha value is -1.92. The zero-order valence-electron chi connectivity index (χ0n) is 9.14. The average molecular weight is 238 g/mol. The van der Waals surface area contributed by atoms with Crippen molar-refractivity contribution in [3.05, 3.63) is 29.8 Å². The molecule has 0 aliphatic carbocycles. The van der Waals surface area contributed by atoms with Crippen LogP contribution in [0.1, 0.15) is 10.4 Å². The second-order valence-corrected chi connectivity index (χ2v) is 3.33. The molecule has 1 rings (SSSR count). The largest absolute Gasteiger partial charge is 0.478 e. The van der Waals surface area contributed by atoms with E-state index in [1.54, 1.807) is 0 Å². The first-order valence-corrected chi connectivity index (χ1v) is 5.08. The Kier molecular flexibility index (Phi) is 5.12. The predicted octanol–water partition coefficient (Wildman–Crippen LogP) is -0.0948. The van der Waals surface area contributed by atoms with Gasteiger partial charge in [0.05, 0.1) is 18.7 Å². The van der Waals surface area contributed by atoms with Crippen LogP contribution in [0.15, 0.2) is 24.3 Å². The highest BCUT2D eigenvalue weighted by Gasteiger charge is 2.04. The van der Waals surface area contributed by atoms with E-state index < -0.39 is 5.97 Å². The standard InChI is InChI=1S/C11H14N2O4/c14-6-5-12-7-10(15)13-9-3-1-8(2-4-9)11(16)17/h1-4,12,14H,5-7H2,(H,13,15)(H,16,17). The summed E-state index contributed by atoms with van der Waals surface area (Å²) in [6.45, 7) is 0.424. The summed E-state index contributed by atoms with van der Waals surface area (Å²) in [4.78, 5) is 21.9. The van der Waals surface area contributed by atoms with Crippen molar-refractivity contribution < 1.29 is 19.8 Å². The monoisotopic (exact) mass is 238 g/mol. The van der Waals surface area contributed by atoms with Crippen LogP contribution >= 0.6 is 0 Å². The lowest BCUT2D eigenvalue weighted by Gasteiger charge is -2.06. The van der Waals surface area contributed by atoms with Crippen LogP contribution in [0.2, 0.25) is 0 Å². The number of anilines is 1. The molecule has 17 heavy (non-hydrogen) atoms. The SMILES string of the molecule is O=C(CNCCO)Nc1ccc(C(=O)O)cc1. The van der Waals surface area contributed by atoms with Gasteiger partial charge in [-0.05, 0) is 24.3 Å². The number of aromatic carboxylic acids is 1. The first-order valence-electron chi connectivity index (χ1n) is 5.08. The van der Waals surface area contributed by atoms with E-state index in [0.29, 0.717) is 12.2 Å². The molecular formula is C11H14N2O4. The van der Waals surface area contributed by atoms with E-state index in [2.05, 4.69) is 10.6 Å². The van der Waals surface area contributed by atoms with E-state index in [1.165, 1.54) is 24.3 Å². The maximum Gasteiger partial charge on any atom is 0.335 e. The van der Waals surface area contributed by atoms with Crippen molar-refractivity contribution in [1.82, 2.24) is 5.32 Å². The third kappa shape index (κ3) is 4.62. The highest BCUT2D eigenvalue weighted by Crippen LogP contribution is 2.09. The van der Waals surface area contributed by atoms with E-state index >= 15 is 0 Å². The molecular weight excluding hydrogens is 224 g/mol. The molecule has 1 amide bonds. The molecule has 0 aromatic heterocycles. The van der Waals surface area contributed by atoms with Crippen LogP contribution in [-0.4, -0.2) is 41.8 Å². The molecule has 0 aliphatic rings. The molecule has 0 saturated carbocycles. The number of rotatable bonds is 6. The lowest BCUT2D eigenvalue weighted by Crippen LogP contribution is -2.29. The zero-order chi connectivity index (χ0) is 12.7. The maximum absolute atomic E-state index is 11.3. The molecule has 0 unspecified atom stereocenters. The summed E-state index contributed by atoms with van der Waals surface area (Å²) in [5.41, 5.74) is 0.701. The highest BCUT2D eigenvalue weighted by atomic mass is 16.4. The molecule has 0 atom stereocenters. The van der Waals surface area contributed by atoms with Gasteiger partial charge in [-0.3, -0.25) is 4.79 Å². The fourth-order valence-electron chi connectivity index (χ4n) is 1.18. The quantitative estimate of drug-likeness (QED) is 0.519. The van der Waals surface area contributed by atoms with Gasteiger partial charge in [0.25, 0.3) is 0 Å². The van der Waals surface area contributed by atoms with Crippen molar-refractivity contribution in [3.8, 4) is 0 Å². The van der Waals surface area contributed by atoms with Crippen LogP contribution in [0.3, 0.4) is 0 Å². The maximum atomic E-state index is 11.3. The normalized spacial score (nSPS) is 9.94. The predicted molar refractivity (Wildman–Crippen MR) is 62.0 cm³/mol. The van der Waals surface area contributed by atoms with Crippen molar-refractivity contribution >= 4 is 17.6 Å². The molecule has 0 radical (unpaired) electrons. The fourth-order valence-corrected chi connectivity index (χ4v) is 1.18. The second-order valence-electron chi connectivity index (χ2n) is 3.33. The van der Waals surface area contributed by atoms with Crippen LogP contribution in [0.5, 0.6) is 0 Å². The van der Waals surface area contributed by atoms with E-state index in [1.807, 2.05) is 0 Å². The summed E-state index contributed by atoms with van der Waals surface area (Å²) in [6, 6.07) is 5.87. The van der Waals surface area contributed by atoms with Crippen molar-refractivity contribution in [2.45, 2.75) is 0 Å². The smallest absolute Gasteiger partial charge is 0.335 e. The van der Waals surface area contributed by atoms with Gasteiger partial charge in [-0.2, -0.15) is 0 Å². The number of carbonyl (C=O) groups is 2. The third-order valence-electron chi connectivity index (χ3n) is 1.99. The number of amides is 1. The molecule has 0 bridgehead atoms. The summed E-state index contributed by atoms with van der Waals surface area (Å²) in [5, 5.41) is 22.5. The minimum atomic E-state index is -1.01. The van der Waals surface area contributed by atoms with Crippen LogP contribution < -0.4 is 10.6 Å². The van der Waals surface area contributed by atoms with Gasteiger partial charge >= 0.3 is 5.97 Å². The number of benzene rings is 1. The number of hydrogen-bond donors (Lipinski definition) is 4. The number of carbonyl (C=O) groups excluding carboxylic acids is 1. The molecule has 6 nitrogen and oxygen atoms in total. The van der Waals surface area contributed by atoms with Crippen molar-refractivity contribution in [3.63, 3.8) is 0 Å². The lowest BCUT2D eigenvalue weighted by atomic mass is 10.2. The van der Waals surface area contributed by atoms with E-state index in [-0.39, 0.29) is 24.6 Å². The molecule has 0 saturated heterocycles. The molecule has 4 N–H and O–H groups in total. The fraction of sp³-hybridized carbons (Fsp3) is 0.273. The first-order chi connectivity index (χ1) is 8.13. The van der Waals surface area contributed by atoms with E-state index in [0.717, 1.165) is 0 Å². The van der Waals surface area contributed by atoms with Gasteiger partial charge in [0.1, 0.15) is 0 Å². The molecule has 1 aromatic carbocycles. The first kappa shape index (κ1) is 13.1. The number of carboxylic acid groups (broad SMARTS) is 1. The second kappa shape index (κ2) is 6.62. The van der Waals surface area contributed by atoms with Gasteiger partial charge in [-0.15, -0.1) is 0 Å². The minimum absolute atomic E-state index is 0.0272. The van der Waals surface area contributed by atoms with Gasteiger partial charge < -0.3 is 20.8 Å². The number of nitrogens with one attached hydrogen (secondary N) is 2. The summed E-state index contributed by atoms with van der Waals surface area (Å²) in [6.07, 6.45) is 0. The number of hydrogen-bond acceptors (Lipinski definition) is 4. The number of carboxylic acids is 1. The Morgan fingerprint density at radius 2 is 1.82 bits per heavy atom. The van der Waals surface area contributed by atoms with Crippen molar-refractivity contribution in [2.24, 2.45) is 0 Å². The van der Waals surface area contributed by atoms with Crippen LogP contribution in [0, 0.1) is 0 Å². The molecule has 0 heterocycles. The van der Waals surface area contributed by atoms with Crippen LogP contribution in [-0.2, 0) is 4.79 Å². The Bertz CT molecular complexity index is 389. The molecule has 0 aliphatic heterocycles. The molecule has 1 aromatic rings. The summed E-state index contributed by atoms with van der Waals surface area (Å²) in [7, 11) is 0. The van der Waals surface area contributed by atoms with Crippen molar-refractivity contribution in [2.75, 3.05) is 25.0 Å². The molecule has 0 spiro atoms. The summed E-state index contributed by atoms with van der Waals surface area (Å²) in [5.74, 6) is -1.26. The lowest BCUT2D eigenvalue weighted by molar-refractivity contribution is -0.115. The Balaban J connectivity index is 2.46. The zero-order valence-corrected chi connectivity index (χ0v) is 9.14. The molecule has 0 fully saturated rings. The third-order valence-corrected chi connectivity index (χ3v) is 1.99. The van der Waals surface area contributed by atoms with Gasteiger partial charge in [-0.1, -0.05) is 0 Å². The molecule has 92 valence electrons. The summed E-state index contributed by atoms with van der Waals surface area (Å²) >= 11 is 0. The molecule has 6 heteroatoms. The van der Waals surface area contributed by atoms with Gasteiger partial charge in [0.15, 0.2) is 0 Å². The Morgan fingerprint density at radius 3 is 2.35 bits per heavy atom. The van der Waals surface area contributed by atoms with Gasteiger partial charge in [0.2, 0.25) is 5.91 Å². The van der Waals surface area contributed by atoms with Gasteiger partial charge in [0, 0.05) is 12.2 Å². The topological polar surface area (TPSA) is 98.7 Å². The summed E-state index contributed by atoms with van der Waals surface area (Å²) < 4.78 is 0. The minimum Gasteiger partial charge on any atom is -0.478 e. The van der Waals surface area contributed by atoms with Crippen molar-refractivity contribution in [1.29, 1.82) is 0 Å². The van der Waals surface area contributed by atoms with E-state index in [9.17, 15) is 9.59 Å². The number of aliphatic hydroxyl groups excluding tert-OH is 1. The van der Waals surface area contributed by atoms with Crippen LogP contribution in [0.4, 0.5) is 5.69 Å². The van der Waals surface area contributed by atoms with Gasteiger partial charge in [-0.25, -0.2) is 4.79 Å². The average Bonchev–Trinajstić information content (AvgIpc) is 2.30. The Labute approximate surface area is 98.3 Å². The highest BCUT2D eigenvalue weighted by molar-refractivity contribution is 5.93. The number of aliphatic hydroxyl groups is 1. The van der Waals surface area contributed by atoms with Crippen LogP contribution in [0.25, 0.3) is 0 Å².